The van der Waals surface area contributed by atoms with Gasteiger partial charge in [-0.25, -0.2) is 0 Å². The molecule has 132 valence electrons. The first-order valence-corrected chi connectivity index (χ1v) is 9.70. The van der Waals surface area contributed by atoms with Crippen LogP contribution in [-0.2, 0) is 9.59 Å². The fraction of sp³-hybridized carbons (Fsp3) is 0.105. The Morgan fingerprint density at radius 1 is 1.15 bits per heavy atom. The zero-order valence-corrected chi connectivity index (χ0v) is 16.8. The minimum atomic E-state index is -0.445. The van der Waals surface area contributed by atoms with E-state index in [2.05, 4.69) is 27.9 Å². The van der Waals surface area contributed by atoms with E-state index >= 15 is 0 Å². The van der Waals surface area contributed by atoms with Gasteiger partial charge < -0.3 is 5.32 Å². The van der Waals surface area contributed by atoms with Gasteiger partial charge in [-0.15, -0.1) is 0 Å². The van der Waals surface area contributed by atoms with E-state index < -0.39 is 17.1 Å². The van der Waals surface area contributed by atoms with E-state index in [4.69, 9.17) is 0 Å². The van der Waals surface area contributed by atoms with Crippen molar-refractivity contribution in [3.05, 3.63) is 68.1 Å². The number of halogens is 1. The lowest BCUT2D eigenvalue weighted by Crippen LogP contribution is -2.36. The Morgan fingerprint density at radius 2 is 1.85 bits per heavy atom. The molecule has 2 aromatic rings. The summed E-state index contributed by atoms with van der Waals surface area (Å²) in [4.78, 5) is 38.2. The van der Waals surface area contributed by atoms with E-state index in [9.17, 15) is 14.4 Å². The third-order valence-electron chi connectivity index (χ3n) is 3.79. The summed E-state index contributed by atoms with van der Waals surface area (Å²) >= 11 is 3.02. The number of carbonyl (C=O) groups excluding carboxylic acids is 3. The molecule has 3 amide bonds. The molecule has 0 spiro atoms. The number of nitrogens with one attached hydrogen (secondary N) is 1. The molecule has 0 unspecified atom stereocenters. The van der Waals surface area contributed by atoms with Crippen molar-refractivity contribution in [2.75, 3.05) is 11.9 Å². The third kappa shape index (κ3) is 4.16. The summed E-state index contributed by atoms with van der Waals surface area (Å²) < 4.78 is 0.981. The number of aryl methyl sites for hydroxylation is 1. The Bertz CT molecular complexity index is 927. The summed E-state index contributed by atoms with van der Waals surface area (Å²) in [5.41, 5.74) is 2.44. The maximum Gasteiger partial charge on any atom is 0.294 e. The highest BCUT2D eigenvalue weighted by molar-refractivity contribution is 14.1. The van der Waals surface area contributed by atoms with Crippen molar-refractivity contribution >= 4 is 63.2 Å². The predicted molar refractivity (Wildman–Crippen MR) is 112 cm³/mol. The lowest BCUT2D eigenvalue weighted by Gasteiger charge is -2.13. The van der Waals surface area contributed by atoms with Crippen LogP contribution in [-0.4, -0.2) is 28.5 Å². The molecule has 1 aliphatic rings. The molecular weight excluding hydrogens is 463 g/mol. The average Bonchev–Trinajstić information content (AvgIpc) is 2.86. The van der Waals surface area contributed by atoms with Gasteiger partial charge in [-0.2, -0.15) is 0 Å². The second kappa shape index (κ2) is 8.05. The lowest BCUT2D eigenvalue weighted by atomic mass is 10.2. The van der Waals surface area contributed by atoms with Crippen LogP contribution in [0.4, 0.5) is 10.5 Å². The highest BCUT2D eigenvalue weighted by Crippen LogP contribution is 2.32. The number of anilines is 1. The van der Waals surface area contributed by atoms with Gasteiger partial charge in [0.25, 0.3) is 11.1 Å². The number of nitrogens with zero attached hydrogens (tertiary/aromatic N) is 1. The van der Waals surface area contributed by atoms with Crippen LogP contribution in [0.3, 0.4) is 0 Å². The number of amides is 3. The van der Waals surface area contributed by atoms with Crippen LogP contribution in [0.2, 0.25) is 0 Å². The number of benzene rings is 2. The molecule has 0 aromatic heterocycles. The van der Waals surface area contributed by atoms with Gasteiger partial charge in [0.2, 0.25) is 5.91 Å². The Morgan fingerprint density at radius 3 is 2.58 bits per heavy atom. The Balaban J connectivity index is 1.72. The molecule has 0 radical (unpaired) electrons. The molecular formula is C19H15IN2O3S. The number of rotatable bonds is 4. The molecule has 1 aliphatic heterocycles. The maximum absolute atomic E-state index is 12.5. The fourth-order valence-corrected chi connectivity index (χ4v) is 3.79. The van der Waals surface area contributed by atoms with Gasteiger partial charge in [0.15, 0.2) is 0 Å². The first-order valence-electron chi connectivity index (χ1n) is 7.81. The van der Waals surface area contributed by atoms with E-state index in [1.165, 1.54) is 0 Å². The van der Waals surface area contributed by atoms with E-state index in [0.29, 0.717) is 10.6 Å². The number of para-hydroxylation sites is 1. The number of thioether (sulfide) groups is 1. The van der Waals surface area contributed by atoms with Gasteiger partial charge in [-0.3, -0.25) is 19.3 Å². The molecule has 1 heterocycles. The number of hydrogen-bond acceptors (Lipinski definition) is 4. The topological polar surface area (TPSA) is 66.5 Å². The van der Waals surface area contributed by atoms with E-state index in [1.54, 1.807) is 12.1 Å². The van der Waals surface area contributed by atoms with E-state index in [1.807, 2.05) is 49.4 Å². The molecule has 1 N–H and O–H groups in total. The average molecular weight is 478 g/mol. The Kier molecular flexibility index (Phi) is 5.77. The first-order chi connectivity index (χ1) is 12.5. The van der Waals surface area contributed by atoms with Crippen LogP contribution < -0.4 is 5.32 Å². The molecule has 5 nitrogen and oxygen atoms in total. The Hall–Kier alpha value is -2.13. The molecule has 3 rings (SSSR count). The van der Waals surface area contributed by atoms with Crippen molar-refractivity contribution in [2.45, 2.75) is 6.92 Å². The maximum atomic E-state index is 12.5. The molecule has 7 heteroatoms. The van der Waals surface area contributed by atoms with Gasteiger partial charge in [0.1, 0.15) is 6.54 Å². The quantitative estimate of drug-likeness (QED) is 0.527. The predicted octanol–water partition coefficient (Wildman–Crippen LogP) is 4.27. The van der Waals surface area contributed by atoms with Crippen molar-refractivity contribution < 1.29 is 14.4 Å². The normalized spacial score (nSPS) is 15.6. The molecule has 2 aromatic carbocycles. The van der Waals surface area contributed by atoms with Crippen molar-refractivity contribution in [3.8, 4) is 0 Å². The summed E-state index contributed by atoms with van der Waals surface area (Å²) in [5.74, 6) is -0.850. The lowest BCUT2D eigenvalue weighted by molar-refractivity contribution is -0.127. The summed E-state index contributed by atoms with van der Waals surface area (Å²) in [6.45, 7) is 1.57. The monoisotopic (exact) mass is 478 g/mol. The molecule has 0 bridgehead atoms. The van der Waals surface area contributed by atoms with Gasteiger partial charge in [0, 0.05) is 9.26 Å². The van der Waals surface area contributed by atoms with Crippen LogP contribution >= 0.6 is 34.4 Å². The number of carbonyl (C=O) groups is 3. The van der Waals surface area contributed by atoms with Gasteiger partial charge in [0.05, 0.1) is 4.91 Å². The smallest absolute Gasteiger partial charge is 0.294 e. The molecule has 0 atom stereocenters. The molecule has 1 fully saturated rings. The van der Waals surface area contributed by atoms with Crippen molar-refractivity contribution in [3.63, 3.8) is 0 Å². The van der Waals surface area contributed by atoms with Crippen LogP contribution in [0.25, 0.3) is 6.08 Å². The SMILES string of the molecule is Cc1ccccc1NC(=O)CN1C(=O)SC(=Cc2ccccc2I)C1=O. The first kappa shape index (κ1) is 18.7. The molecule has 26 heavy (non-hydrogen) atoms. The zero-order chi connectivity index (χ0) is 18.7. The summed E-state index contributed by atoms with van der Waals surface area (Å²) in [6.07, 6.45) is 1.69. The Labute approximate surface area is 169 Å². The largest absolute Gasteiger partial charge is 0.324 e. The summed E-state index contributed by atoms with van der Waals surface area (Å²) in [6, 6.07) is 14.9. The molecule has 0 aliphatic carbocycles. The van der Waals surface area contributed by atoms with Gasteiger partial charge in [-0.05, 0) is 70.6 Å². The second-order valence-electron chi connectivity index (χ2n) is 5.65. The highest BCUT2D eigenvalue weighted by atomic mass is 127. The van der Waals surface area contributed by atoms with Gasteiger partial charge >= 0.3 is 0 Å². The minimum Gasteiger partial charge on any atom is -0.324 e. The van der Waals surface area contributed by atoms with E-state index in [-0.39, 0.29) is 6.54 Å². The van der Waals surface area contributed by atoms with Crippen LogP contribution in [0.15, 0.2) is 53.4 Å². The van der Waals surface area contributed by atoms with Crippen LogP contribution in [0.1, 0.15) is 11.1 Å². The zero-order valence-electron chi connectivity index (χ0n) is 13.9. The summed E-state index contributed by atoms with van der Waals surface area (Å²) in [5, 5.41) is 2.30. The number of hydrogen-bond donors (Lipinski definition) is 1. The molecule has 1 saturated heterocycles. The third-order valence-corrected chi connectivity index (χ3v) is 5.68. The van der Waals surface area contributed by atoms with Gasteiger partial charge in [-0.1, -0.05) is 36.4 Å². The van der Waals surface area contributed by atoms with Crippen LogP contribution in [0.5, 0.6) is 0 Å². The fourth-order valence-electron chi connectivity index (χ4n) is 2.42. The second-order valence-corrected chi connectivity index (χ2v) is 7.81. The van der Waals surface area contributed by atoms with Crippen molar-refractivity contribution in [1.82, 2.24) is 4.90 Å². The van der Waals surface area contributed by atoms with Crippen molar-refractivity contribution in [1.29, 1.82) is 0 Å². The van der Waals surface area contributed by atoms with E-state index in [0.717, 1.165) is 31.4 Å². The highest BCUT2D eigenvalue weighted by Gasteiger charge is 2.36. The van der Waals surface area contributed by atoms with Crippen molar-refractivity contribution in [2.24, 2.45) is 0 Å². The minimum absolute atomic E-state index is 0.303. The standard InChI is InChI=1S/C19H15IN2O3S/c1-12-6-2-5-9-15(12)21-17(23)11-22-18(24)16(26-19(22)25)10-13-7-3-4-8-14(13)20/h2-10H,11H2,1H3,(H,21,23). The molecule has 0 saturated carbocycles. The number of imide groups is 1. The van der Waals surface area contributed by atoms with Crippen LogP contribution in [0, 0.1) is 10.5 Å². The summed E-state index contributed by atoms with van der Waals surface area (Å²) in [7, 11) is 0.